The van der Waals surface area contributed by atoms with Crippen molar-refractivity contribution >= 4 is 34.3 Å². The second-order valence-electron chi connectivity index (χ2n) is 5.60. The maximum Gasteiger partial charge on any atom is 0.264 e. The molecule has 0 fully saturated rings. The molecular formula is C18H16ClN3O3. The minimum atomic E-state index is -0.467. The summed E-state index contributed by atoms with van der Waals surface area (Å²) in [6.07, 6.45) is 1.46. The number of fused-ring (bicyclic) bond motifs is 1. The van der Waals surface area contributed by atoms with E-state index in [0.717, 1.165) is 5.39 Å². The summed E-state index contributed by atoms with van der Waals surface area (Å²) < 4.78 is 6.81. The number of rotatable bonds is 4. The highest BCUT2D eigenvalue weighted by molar-refractivity contribution is 6.29. The molecule has 0 aliphatic carbocycles. The SMILES string of the molecule is COc1ccc2c(c1)c(CC(N)=O)c(C)n2C(=O)c1ccc(Cl)nc1. The van der Waals surface area contributed by atoms with Crippen molar-refractivity contribution in [3.8, 4) is 5.75 Å². The average molecular weight is 358 g/mol. The van der Waals surface area contributed by atoms with Crippen LogP contribution in [0.25, 0.3) is 10.9 Å². The Balaban J connectivity index is 2.23. The van der Waals surface area contributed by atoms with Crippen LogP contribution in [0.15, 0.2) is 36.5 Å². The van der Waals surface area contributed by atoms with Gasteiger partial charge in [-0.2, -0.15) is 0 Å². The Morgan fingerprint density at radius 1 is 1.28 bits per heavy atom. The number of benzene rings is 1. The number of carbonyl (C=O) groups is 2. The molecule has 0 aliphatic rings. The number of aromatic nitrogens is 2. The molecule has 2 aromatic heterocycles. The summed E-state index contributed by atoms with van der Waals surface area (Å²) in [6, 6.07) is 8.51. The number of ether oxygens (including phenoxy) is 1. The van der Waals surface area contributed by atoms with Gasteiger partial charge in [0.05, 0.1) is 24.6 Å². The minimum absolute atomic E-state index is 0.0364. The predicted molar refractivity (Wildman–Crippen MR) is 95.1 cm³/mol. The van der Waals surface area contributed by atoms with E-state index >= 15 is 0 Å². The Morgan fingerprint density at radius 2 is 2.04 bits per heavy atom. The molecule has 3 rings (SSSR count). The highest BCUT2D eigenvalue weighted by Crippen LogP contribution is 2.30. The summed E-state index contributed by atoms with van der Waals surface area (Å²) in [4.78, 5) is 28.4. The number of nitrogens with zero attached hydrogens (tertiary/aromatic N) is 2. The third-order valence-corrected chi connectivity index (χ3v) is 4.29. The summed E-state index contributed by atoms with van der Waals surface area (Å²) in [6.45, 7) is 1.78. The summed E-state index contributed by atoms with van der Waals surface area (Å²) in [5.74, 6) is -0.0888. The third-order valence-electron chi connectivity index (χ3n) is 4.07. The minimum Gasteiger partial charge on any atom is -0.497 e. The summed E-state index contributed by atoms with van der Waals surface area (Å²) in [5.41, 5.74) is 7.81. The van der Waals surface area contributed by atoms with E-state index in [1.54, 1.807) is 48.9 Å². The zero-order valence-electron chi connectivity index (χ0n) is 13.7. The predicted octanol–water partition coefficient (Wildman–Crippen LogP) is 2.72. The quantitative estimate of drug-likeness (QED) is 0.727. The molecule has 1 aromatic carbocycles. The van der Waals surface area contributed by atoms with Crippen LogP contribution in [0.1, 0.15) is 21.6 Å². The van der Waals surface area contributed by atoms with Crippen molar-refractivity contribution in [1.82, 2.24) is 9.55 Å². The van der Waals surface area contributed by atoms with Crippen LogP contribution in [0.4, 0.5) is 0 Å². The summed E-state index contributed by atoms with van der Waals surface area (Å²) in [5, 5.41) is 1.07. The number of methoxy groups -OCH3 is 1. The molecule has 0 saturated heterocycles. The van der Waals surface area contributed by atoms with Crippen molar-refractivity contribution in [2.75, 3.05) is 7.11 Å². The number of hydrogen-bond acceptors (Lipinski definition) is 4. The smallest absolute Gasteiger partial charge is 0.264 e. The van der Waals surface area contributed by atoms with E-state index in [0.29, 0.717) is 33.2 Å². The Kier molecular flexibility index (Phi) is 4.46. The number of hydrogen-bond donors (Lipinski definition) is 1. The van der Waals surface area contributed by atoms with Gasteiger partial charge in [-0.05, 0) is 42.8 Å². The van der Waals surface area contributed by atoms with Gasteiger partial charge < -0.3 is 10.5 Å². The van der Waals surface area contributed by atoms with E-state index in [1.165, 1.54) is 6.20 Å². The fourth-order valence-electron chi connectivity index (χ4n) is 2.88. The van der Waals surface area contributed by atoms with Gasteiger partial charge in [-0.25, -0.2) is 4.98 Å². The number of amides is 1. The number of nitrogens with two attached hydrogens (primary N) is 1. The molecule has 0 aliphatic heterocycles. The van der Waals surface area contributed by atoms with Crippen LogP contribution in [0.3, 0.4) is 0 Å². The van der Waals surface area contributed by atoms with Gasteiger partial charge in [0, 0.05) is 17.3 Å². The van der Waals surface area contributed by atoms with Gasteiger partial charge in [0.1, 0.15) is 10.9 Å². The molecule has 128 valence electrons. The van der Waals surface area contributed by atoms with Crippen LogP contribution in [0.5, 0.6) is 5.75 Å². The van der Waals surface area contributed by atoms with E-state index in [4.69, 9.17) is 22.1 Å². The standard InChI is InChI=1S/C18H16ClN3O3/c1-10-13(8-17(20)23)14-7-12(25-2)4-5-15(14)22(10)18(24)11-3-6-16(19)21-9-11/h3-7,9H,8H2,1-2H3,(H2,20,23). The first-order valence-corrected chi connectivity index (χ1v) is 7.92. The first-order chi connectivity index (χ1) is 11.9. The zero-order valence-corrected chi connectivity index (χ0v) is 14.5. The molecule has 0 atom stereocenters. The van der Waals surface area contributed by atoms with Crippen molar-refractivity contribution in [2.45, 2.75) is 13.3 Å². The van der Waals surface area contributed by atoms with E-state index < -0.39 is 5.91 Å². The van der Waals surface area contributed by atoms with Gasteiger partial charge in [-0.15, -0.1) is 0 Å². The van der Waals surface area contributed by atoms with Crippen LogP contribution in [0, 0.1) is 6.92 Å². The molecule has 0 spiro atoms. The number of carbonyl (C=O) groups excluding carboxylic acids is 2. The van der Waals surface area contributed by atoms with Crippen molar-refractivity contribution in [2.24, 2.45) is 5.73 Å². The van der Waals surface area contributed by atoms with Gasteiger partial charge in [0.25, 0.3) is 5.91 Å². The average Bonchev–Trinajstić information content (AvgIpc) is 2.86. The fourth-order valence-corrected chi connectivity index (χ4v) is 2.99. The summed E-state index contributed by atoms with van der Waals surface area (Å²) in [7, 11) is 1.56. The maximum atomic E-state index is 13.0. The van der Waals surface area contributed by atoms with E-state index in [1.807, 2.05) is 0 Å². The molecule has 2 heterocycles. The lowest BCUT2D eigenvalue weighted by Gasteiger charge is -2.07. The van der Waals surface area contributed by atoms with Crippen LogP contribution in [-0.4, -0.2) is 28.5 Å². The van der Waals surface area contributed by atoms with Crippen molar-refractivity contribution in [1.29, 1.82) is 0 Å². The largest absolute Gasteiger partial charge is 0.497 e. The van der Waals surface area contributed by atoms with Gasteiger partial charge in [-0.3, -0.25) is 14.2 Å². The van der Waals surface area contributed by atoms with E-state index in [-0.39, 0.29) is 12.3 Å². The Labute approximate surface area is 149 Å². The van der Waals surface area contributed by atoms with Crippen LogP contribution in [0.2, 0.25) is 5.15 Å². The molecule has 6 nitrogen and oxygen atoms in total. The van der Waals surface area contributed by atoms with Gasteiger partial charge in [-0.1, -0.05) is 11.6 Å². The molecule has 0 saturated carbocycles. The lowest BCUT2D eigenvalue weighted by molar-refractivity contribution is -0.117. The van der Waals surface area contributed by atoms with Crippen molar-refractivity contribution in [3.05, 3.63) is 58.5 Å². The first-order valence-electron chi connectivity index (χ1n) is 7.55. The molecule has 1 amide bonds. The fraction of sp³-hybridized carbons (Fsp3) is 0.167. The number of pyridine rings is 1. The van der Waals surface area contributed by atoms with Crippen molar-refractivity contribution in [3.63, 3.8) is 0 Å². The first kappa shape index (κ1) is 17.0. The highest BCUT2D eigenvalue weighted by Gasteiger charge is 2.21. The Hall–Kier alpha value is -2.86. The molecule has 2 N–H and O–H groups in total. The topological polar surface area (TPSA) is 87.2 Å². The maximum absolute atomic E-state index is 13.0. The van der Waals surface area contributed by atoms with Crippen LogP contribution in [-0.2, 0) is 11.2 Å². The normalized spacial score (nSPS) is 10.8. The molecule has 0 unspecified atom stereocenters. The molecular weight excluding hydrogens is 342 g/mol. The Morgan fingerprint density at radius 3 is 2.64 bits per heavy atom. The highest BCUT2D eigenvalue weighted by atomic mass is 35.5. The second-order valence-corrected chi connectivity index (χ2v) is 5.99. The number of primary amides is 1. The van der Waals surface area contributed by atoms with Crippen LogP contribution < -0.4 is 10.5 Å². The van der Waals surface area contributed by atoms with Crippen LogP contribution >= 0.6 is 11.6 Å². The van der Waals surface area contributed by atoms with Gasteiger partial charge in [0.15, 0.2) is 0 Å². The Bertz CT molecular complexity index is 977. The third kappa shape index (κ3) is 3.08. The molecule has 25 heavy (non-hydrogen) atoms. The zero-order chi connectivity index (χ0) is 18.1. The van der Waals surface area contributed by atoms with Gasteiger partial charge in [0.2, 0.25) is 5.91 Å². The van der Waals surface area contributed by atoms with Gasteiger partial charge >= 0.3 is 0 Å². The molecule has 7 heteroatoms. The second kappa shape index (κ2) is 6.57. The monoisotopic (exact) mass is 357 g/mol. The lowest BCUT2D eigenvalue weighted by atomic mass is 10.1. The van der Waals surface area contributed by atoms with E-state index in [2.05, 4.69) is 4.98 Å². The van der Waals surface area contributed by atoms with E-state index in [9.17, 15) is 9.59 Å². The number of halogens is 1. The lowest BCUT2D eigenvalue weighted by Crippen LogP contribution is -2.16. The molecule has 0 radical (unpaired) electrons. The summed E-state index contributed by atoms with van der Waals surface area (Å²) >= 11 is 5.79. The van der Waals surface area contributed by atoms with Crippen molar-refractivity contribution < 1.29 is 14.3 Å². The molecule has 3 aromatic rings. The molecule has 0 bridgehead atoms.